The van der Waals surface area contributed by atoms with Crippen LogP contribution in [0.4, 0.5) is 5.82 Å². The molecule has 0 aliphatic heterocycles. The van der Waals surface area contributed by atoms with Crippen LogP contribution in [0.25, 0.3) is 0 Å². The van der Waals surface area contributed by atoms with Crippen LogP contribution in [-0.2, 0) is 5.75 Å². The molecule has 2 rings (SSSR count). The van der Waals surface area contributed by atoms with E-state index in [1.807, 2.05) is 0 Å². The first kappa shape index (κ1) is 11.5. The molecule has 0 saturated heterocycles. The van der Waals surface area contributed by atoms with Gasteiger partial charge >= 0.3 is 0 Å². The standard InChI is InChI=1S/C10H9N3O3S/c11-9-10(13-2-1-12-9)17-5-6-3-7(14)8(15)4-16-6/h1-4,15H,5H2,(H2,11,12). The molecular formula is C10H9N3O3S. The maximum Gasteiger partial charge on any atom is 0.226 e. The molecule has 0 aliphatic rings. The first-order valence-corrected chi connectivity index (χ1v) is 5.65. The molecular weight excluding hydrogens is 242 g/mol. The van der Waals surface area contributed by atoms with Gasteiger partial charge in [0.1, 0.15) is 17.0 Å². The molecule has 2 heterocycles. The van der Waals surface area contributed by atoms with Crippen molar-refractivity contribution < 1.29 is 9.52 Å². The highest BCUT2D eigenvalue weighted by atomic mass is 32.2. The lowest BCUT2D eigenvalue weighted by atomic mass is 10.4. The summed E-state index contributed by atoms with van der Waals surface area (Å²) in [5, 5.41) is 9.59. The van der Waals surface area contributed by atoms with Gasteiger partial charge in [-0.2, -0.15) is 0 Å². The summed E-state index contributed by atoms with van der Waals surface area (Å²) in [6.45, 7) is 0. The Bertz CT molecular complexity index is 585. The number of aromatic hydroxyl groups is 1. The summed E-state index contributed by atoms with van der Waals surface area (Å²) in [7, 11) is 0. The fourth-order valence-corrected chi connectivity index (χ4v) is 1.87. The minimum Gasteiger partial charge on any atom is -0.502 e. The van der Waals surface area contributed by atoms with E-state index < -0.39 is 11.2 Å². The summed E-state index contributed by atoms with van der Waals surface area (Å²) < 4.78 is 5.04. The van der Waals surface area contributed by atoms with Crippen LogP contribution in [0.2, 0.25) is 0 Å². The molecule has 7 heteroatoms. The van der Waals surface area contributed by atoms with Crippen molar-refractivity contribution in [3.05, 3.63) is 40.7 Å². The number of rotatable bonds is 3. The van der Waals surface area contributed by atoms with Crippen LogP contribution in [0, 0.1) is 0 Å². The third-order valence-corrected chi connectivity index (χ3v) is 2.93. The van der Waals surface area contributed by atoms with Crippen molar-refractivity contribution in [1.29, 1.82) is 0 Å². The maximum absolute atomic E-state index is 11.1. The largest absolute Gasteiger partial charge is 0.502 e. The van der Waals surface area contributed by atoms with Gasteiger partial charge in [-0.3, -0.25) is 4.79 Å². The van der Waals surface area contributed by atoms with Gasteiger partial charge in [0.15, 0.2) is 11.6 Å². The van der Waals surface area contributed by atoms with Gasteiger partial charge in [-0.1, -0.05) is 11.8 Å². The molecule has 3 N–H and O–H groups in total. The van der Waals surface area contributed by atoms with Gasteiger partial charge in [0.25, 0.3) is 0 Å². The van der Waals surface area contributed by atoms with E-state index in [1.54, 1.807) is 0 Å². The van der Waals surface area contributed by atoms with E-state index in [2.05, 4.69) is 9.97 Å². The average Bonchev–Trinajstić information content (AvgIpc) is 2.32. The number of nitrogen functional groups attached to an aromatic ring is 1. The number of thioether (sulfide) groups is 1. The lowest BCUT2D eigenvalue weighted by Gasteiger charge is -2.02. The highest BCUT2D eigenvalue weighted by Gasteiger charge is 2.06. The van der Waals surface area contributed by atoms with E-state index in [-0.39, 0.29) is 0 Å². The zero-order valence-electron chi connectivity index (χ0n) is 8.66. The third-order valence-electron chi connectivity index (χ3n) is 1.91. The minimum absolute atomic E-state index is 0.332. The lowest BCUT2D eigenvalue weighted by Crippen LogP contribution is -2.00. The first-order valence-electron chi connectivity index (χ1n) is 4.67. The number of nitrogens with zero attached hydrogens (tertiary/aromatic N) is 2. The van der Waals surface area contributed by atoms with Crippen molar-refractivity contribution in [2.75, 3.05) is 5.73 Å². The minimum atomic E-state index is -0.473. The Morgan fingerprint density at radius 3 is 2.88 bits per heavy atom. The summed E-state index contributed by atoms with van der Waals surface area (Å²) in [5.41, 5.74) is 5.14. The number of nitrogens with two attached hydrogens (primary N) is 1. The molecule has 2 aromatic heterocycles. The average molecular weight is 251 g/mol. The van der Waals surface area contributed by atoms with Crippen molar-refractivity contribution in [3.8, 4) is 5.75 Å². The molecule has 0 aromatic carbocycles. The fourth-order valence-electron chi connectivity index (χ4n) is 1.11. The normalized spacial score (nSPS) is 10.4. The van der Waals surface area contributed by atoms with E-state index >= 15 is 0 Å². The highest BCUT2D eigenvalue weighted by molar-refractivity contribution is 7.98. The van der Waals surface area contributed by atoms with Crippen LogP contribution in [0.3, 0.4) is 0 Å². The van der Waals surface area contributed by atoms with Crippen LogP contribution in [0.15, 0.2) is 39.0 Å². The van der Waals surface area contributed by atoms with Crippen molar-refractivity contribution in [1.82, 2.24) is 9.97 Å². The van der Waals surface area contributed by atoms with E-state index in [0.29, 0.717) is 22.4 Å². The van der Waals surface area contributed by atoms with Gasteiger partial charge in [0, 0.05) is 18.5 Å². The predicted molar refractivity (Wildman–Crippen MR) is 62.6 cm³/mol. The lowest BCUT2D eigenvalue weighted by molar-refractivity contribution is 0.419. The van der Waals surface area contributed by atoms with Gasteiger partial charge in [-0.15, -0.1) is 0 Å². The maximum atomic E-state index is 11.1. The number of aromatic nitrogens is 2. The summed E-state index contributed by atoms with van der Waals surface area (Å²) in [6, 6.07) is 1.23. The van der Waals surface area contributed by atoms with E-state index in [0.717, 1.165) is 6.26 Å². The summed E-state index contributed by atoms with van der Waals surface area (Å²) in [4.78, 5) is 19.1. The zero-order valence-corrected chi connectivity index (χ0v) is 9.48. The van der Waals surface area contributed by atoms with Crippen LogP contribution in [0.1, 0.15) is 5.76 Å². The molecule has 17 heavy (non-hydrogen) atoms. The zero-order chi connectivity index (χ0) is 12.3. The van der Waals surface area contributed by atoms with Gasteiger partial charge in [0.2, 0.25) is 5.43 Å². The van der Waals surface area contributed by atoms with E-state index in [1.165, 1.54) is 30.2 Å². The van der Waals surface area contributed by atoms with Gasteiger partial charge in [-0.05, 0) is 0 Å². The number of anilines is 1. The fraction of sp³-hybridized carbons (Fsp3) is 0.100. The van der Waals surface area contributed by atoms with Crippen LogP contribution >= 0.6 is 11.8 Å². The SMILES string of the molecule is Nc1nccnc1SCc1cc(=O)c(O)co1. The molecule has 0 atom stereocenters. The van der Waals surface area contributed by atoms with Crippen molar-refractivity contribution in [3.63, 3.8) is 0 Å². The second kappa shape index (κ2) is 4.88. The van der Waals surface area contributed by atoms with Crippen molar-refractivity contribution >= 4 is 17.6 Å². The summed E-state index contributed by atoms with van der Waals surface area (Å²) in [5.74, 6) is 0.748. The van der Waals surface area contributed by atoms with E-state index in [9.17, 15) is 4.79 Å². The number of hydrogen-bond acceptors (Lipinski definition) is 7. The molecule has 0 unspecified atom stereocenters. The topological polar surface area (TPSA) is 102 Å². The Morgan fingerprint density at radius 1 is 1.41 bits per heavy atom. The summed E-state index contributed by atoms with van der Waals surface area (Å²) >= 11 is 1.30. The molecule has 2 aromatic rings. The highest BCUT2D eigenvalue weighted by Crippen LogP contribution is 2.23. The molecule has 0 fully saturated rings. The molecule has 6 nitrogen and oxygen atoms in total. The first-order chi connectivity index (χ1) is 8.16. The molecule has 0 saturated carbocycles. The number of hydrogen-bond donors (Lipinski definition) is 2. The molecule has 0 bridgehead atoms. The smallest absolute Gasteiger partial charge is 0.226 e. The van der Waals surface area contributed by atoms with Gasteiger partial charge in [0.05, 0.1) is 5.75 Å². The molecule has 88 valence electrons. The molecule has 0 radical (unpaired) electrons. The van der Waals surface area contributed by atoms with Gasteiger partial charge in [-0.25, -0.2) is 9.97 Å². The monoisotopic (exact) mass is 251 g/mol. The Morgan fingerprint density at radius 2 is 2.18 bits per heavy atom. The van der Waals surface area contributed by atoms with E-state index in [4.69, 9.17) is 15.3 Å². The van der Waals surface area contributed by atoms with Crippen molar-refractivity contribution in [2.24, 2.45) is 0 Å². The van der Waals surface area contributed by atoms with Crippen LogP contribution in [0.5, 0.6) is 5.75 Å². The third kappa shape index (κ3) is 2.76. The Labute approximate surface area is 101 Å². The summed E-state index contributed by atoms with van der Waals surface area (Å²) in [6.07, 6.45) is 4.05. The Kier molecular flexibility index (Phi) is 3.29. The van der Waals surface area contributed by atoms with Crippen molar-refractivity contribution in [2.45, 2.75) is 10.8 Å². The second-order valence-corrected chi connectivity index (χ2v) is 4.10. The Hall–Kier alpha value is -2.02. The molecule has 0 amide bonds. The molecule has 0 aliphatic carbocycles. The second-order valence-electron chi connectivity index (χ2n) is 3.13. The predicted octanol–water partition coefficient (Wildman–Crippen LogP) is 1.01. The molecule has 0 spiro atoms. The van der Waals surface area contributed by atoms with Crippen LogP contribution in [-0.4, -0.2) is 15.1 Å². The quantitative estimate of drug-likeness (QED) is 0.785. The van der Waals surface area contributed by atoms with Crippen LogP contribution < -0.4 is 11.2 Å². The van der Waals surface area contributed by atoms with Gasteiger partial charge < -0.3 is 15.3 Å². The Balaban J connectivity index is 2.10.